The summed E-state index contributed by atoms with van der Waals surface area (Å²) >= 11 is 0. The molecule has 0 radical (unpaired) electrons. The predicted octanol–water partition coefficient (Wildman–Crippen LogP) is 7.86. The molecular weight excluding hydrogens is 326 g/mol. The summed E-state index contributed by atoms with van der Waals surface area (Å²) in [6.07, 6.45) is 0. The van der Waals surface area contributed by atoms with Crippen molar-refractivity contribution in [1.29, 1.82) is 0 Å². The van der Waals surface area contributed by atoms with Gasteiger partial charge in [-0.2, -0.15) is 0 Å². The van der Waals surface area contributed by atoms with E-state index in [1.807, 2.05) is 18.2 Å². The normalized spacial score (nSPS) is 10.7. The quantitative estimate of drug-likeness (QED) is 0.326. The number of benzene rings is 3. The molecule has 0 spiro atoms. The number of rotatable bonds is 1. The Morgan fingerprint density at radius 1 is 0.630 bits per heavy atom. The Morgan fingerprint density at radius 3 is 1.33 bits per heavy atom. The number of aryl methyl sites for hydroxylation is 2. The van der Waals surface area contributed by atoms with Crippen LogP contribution in [0.2, 0.25) is 0 Å². The number of para-hydroxylation sites is 2. The average Bonchev–Trinajstić information content (AvgIpc) is 2.95. The molecule has 0 saturated carbocycles. The number of nitrogens with zero attached hydrogens (tertiary/aromatic N) is 1. The first-order valence-corrected chi connectivity index (χ1v) is 9.79. The smallest absolute Gasteiger partial charge is 0.0491 e. The van der Waals surface area contributed by atoms with Crippen LogP contribution in [0.25, 0.3) is 21.8 Å². The summed E-state index contributed by atoms with van der Waals surface area (Å²) < 4.78 is 2.37. The Balaban J connectivity index is 0.000000182. The Kier molecular flexibility index (Phi) is 7.24. The van der Waals surface area contributed by atoms with E-state index in [4.69, 9.17) is 0 Å². The fourth-order valence-corrected chi connectivity index (χ4v) is 2.88. The van der Waals surface area contributed by atoms with Crippen molar-refractivity contribution in [2.45, 2.75) is 48.1 Å². The summed E-state index contributed by atoms with van der Waals surface area (Å²) in [5.74, 6) is 0. The van der Waals surface area contributed by atoms with Crippen molar-refractivity contribution in [2.24, 2.45) is 5.41 Å². The zero-order chi connectivity index (χ0) is 19.9. The molecule has 27 heavy (non-hydrogen) atoms. The maximum Gasteiger partial charge on any atom is 0.0491 e. The van der Waals surface area contributed by atoms with E-state index < -0.39 is 0 Å². The van der Waals surface area contributed by atoms with Crippen molar-refractivity contribution < 1.29 is 0 Å². The van der Waals surface area contributed by atoms with Crippen LogP contribution in [0.5, 0.6) is 0 Å². The number of hydrogen-bond acceptors (Lipinski definition) is 0. The maximum absolute atomic E-state index is 2.37. The van der Waals surface area contributed by atoms with E-state index in [0.717, 1.165) is 6.54 Å². The average molecular weight is 360 g/mol. The third-order valence-corrected chi connectivity index (χ3v) is 3.94. The van der Waals surface area contributed by atoms with Crippen LogP contribution < -0.4 is 0 Å². The lowest BCUT2D eigenvalue weighted by Gasteiger charge is -2.05. The fourth-order valence-electron chi connectivity index (χ4n) is 2.88. The highest BCUT2D eigenvalue weighted by molar-refractivity contribution is 6.07. The minimum absolute atomic E-state index is 0.500. The molecule has 0 saturated heterocycles. The molecule has 1 heterocycles. The van der Waals surface area contributed by atoms with Gasteiger partial charge in [0, 0.05) is 28.4 Å². The molecule has 0 atom stereocenters. The summed E-state index contributed by atoms with van der Waals surface area (Å²) in [7, 11) is 0. The van der Waals surface area contributed by atoms with Crippen molar-refractivity contribution in [3.8, 4) is 0 Å². The molecule has 0 aliphatic heterocycles. The second kappa shape index (κ2) is 9.41. The van der Waals surface area contributed by atoms with E-state index in [1.165, 1.54) is 27.4 Å². The summed E-state index contributed by atoms with van der Waals surface area (Å²) in [5.41, 5.74) is 4.49. The molecule has 0 amide bonds. The Hall–Kier alpha value is -2.54. The molecule has 0 N–H and O–H groups in total. The zero-order valence-corrected chi connectivity index (χ0v) is 17.7. The second-order valence-corrected chi connectivity index (χ2v) is 8.43. The van der Waals surface area contributed by atoms with Gasteiger partial charge in [-0.1, -0.05) is 100.0 Å². The Morgan fingerprint density at radius 2 is 1.00 bits per heavy atom. The molecule has 4 aromatic rings. The van der Waals surface area contributed by atoms with Gasteiger partial charge in [-0.15, -0.1) is 0 Å². The third-order valence-electron chi connectivity index (χ3n) is 3.94. The third kappa shape index (κ3) is 6.29. The van der Waals surface area contributed by atoms with Crippen LogP contribution in [0.4, 0.5) is 0 Å². The van der Waals surface area contributed by atoms with Crippen LogP contribution in [0, 0.1) is 12.3 Å². The number of aromatic nitrogens is 1. The van der Waals surface area contributed by atoms with Crippen molar-refractivity contribution in [3.63, 3.8) is 0 Å². The van der Waals surface area contributed by atoms with Gasteiger partial charge in [-0.3, -0.25) is 0 Å². The van der Waals surface area contributed by atoms with Gasteiger partial charge < -0.3 is 4.57 Å². The van der Waals surface area contributed by atoms with Crippen LogP contribution in [0.3, 0.4) is 0 Å². The first-order valence-electron chi connectivity index (χ1n) is 9.79. The fraction of sp³-hybridized carbons (Fsp3) is 0.308. The minimum Gasteiger partial charge on any atom is -0.341 e. The predicted molar refractivity (Wildman–Crippen MR) is 121 cm³/mol. The van der Waals surface area contributed by atoms with Gasteiger partial charge in [0.25, 0.3) is 0 Å². The first-order chi connectivity index (χ1) is 12.8. The molecule has 0 aliphatic carbocycles. The number of fused-ring (bicyclic) bond motifs is 3. The lowest BCUT2D eigenvalue weighted by atomic mass is 10.0. The topological polar surface area (TPSA) is 4.93 Å². The van der Waals surface area contributed by atoms with E-state index in [0.29, 0.717) is 5.41 Å². The standard InChI is InChI=1S/C14H13N.C7H8.C5H12/c1-2-15-13-9-5-3-7-11(13)12-8-4-6-10-14(12)15;1-7-5-3-2-4-6-7;1-5(2,3)4/h3-10H,2H2,1H3;2-6H,1H3;1-4H3. The summed E-state index contributed by atoms with van der Waals surface area (Å²) in [6.45, 7) is 14.0. The van der Waals surface area contributed by atoms with Crippen LogP contribution >= 0.6 is 0 Å². The van der Waals surface area contributed by atoms with Crippen molar-refractivity contribution in [2.75, 3.05) is 0 Å². The molecule has 3 aromatic carbocycles. The van der Waals surface area contributed by atoms with E-state index in [9.17, 15) is 0 Å². The van der Waals surface area contributed by atoms with E-state index in [1.54, 1.807) is 0 Å². The van der Waals surface area contributed by atoms with Gasteiger partial charge in [0.1, 0.15) is 0 Å². The molecule has 0 fully saturated rings. The van der Waals surface area contributed by atoms with Gasteiger partial charge in [0.15, 0.2) is 0 Å². The summed E-state index contributed by atoms with van der Waals surface area (Å²) in [4.78, 5) is 0. The molecular formula is C26H33N. The highest BCUT2D eigenvalue weighted by atomic mass is 15.0. The molecule has 1 heteroatoms. The molecule has 0 bridgehead atoms. The Labute approximate surface area is 164 Å². The van der Waals surface area contributed by atoms with Gasteiger partial charge in [0.05, 0.1) is 0 Å². The van der Waals surface area contributed by atoms with Crippen LogP contribution in [-0.4, -0.2) is 4.57 Å². The van der Waals surface area contributed by atoms with Crippen LogP contribution in [0.15, 0.2) is 78.9 Å². The largest absolute Gasteiger partial charge is 0.341 e. The van der Waals surface area contributed by atoms with Crippen molar-refractivity contribution >= 4 is 21.8 Å². The highest BCUT2D eigenvalue weighted by Crippen LogP contribution is 2.28. The monoisotopic (exact) mass is 359 g/mol. The van der Waals surface area contributed by atoms with E-state index >= 15 is 0 Å². The molecule has 4 rings (SSSR count). The lowest BCUT2D eigenvalue weighted by molar-refractivity contribution is 0.469. The van der Waals surface area contributed by atoms with Gasteiger partial charge >= 0.3 is 0 Å². The van der Waals surface area contributed by atoms with Gasteiger partial charge in [-0.25, -0.2) is 0 Å². The van der Waals surface area contributed by atoms with E-state index in [-0.39, 0.29) is 0 Å². The summed E-state index contributed by atoms with van der Waals surface area (Å²) in [5, 5.41) is 2.71. The molecule has 142 valence electrons. The number of hydrogen-bond donors (Lipinski definition) is 0. The summed E-state index contributed by atoms with van der Waals surface area (Å²) in [6, 6.07) is 27.5. The first kappa shape index (κ1) is 20.8. The van der Waals surface area contributed by atoms with Crippen molar-refractivity contribution in [3.05, 3.63) is 84.4 Å². The minimum atomic E-state index is 0.500. The van der Waals surface area contributed by atoms with Crippen LogP contribution in [-0.2, 0) is 6.54 Å². The molecule has 1 nitrogen and oxygen atoms in total. The highest BCUT2D eigenvalue weighted by Gasteiger charge is 2.06. The zero-order valence-electron chi connectivity index (χ0n) is 17.7. The molecule has 1 aromatic heterocycles. The van der Waals surface area contributed by atoms with E-state index in [2.05, 4.69) is 107 Å². The van der Waals surface area contributed by atoms with Crippen LogP contribution in [0.1, 0.15) is 40.2 Å². The molecule has 0 unspecified atom stereocenters. The van der Waals surface area contributed by atoms with Gasteiger partial charge in [0.2, 0.25) is 0 Å². The molecule has 0 aliphatic rings. The Bertz CT molecular complexity index is 897. The van der Waals surface area contributed by atoms with Gasteiger partial charge in [-0.05, 0) is 31.4 Å². The maximum atomic E-state index is 2.37. The lowest BCUT2D eigenvalue weighted by Crippen LogP contribution is -1.93. The second-order valence-electron chi connectivity index (χ2n) is 8.43. The SMILES string of the molecule is CC(C)(C)C.CCn1c2ccccc2c2ccccc21.Cc1ccccc1. The van der Waals surface area contributed by atoms with Crippen molar-refractivity contribution in [1.82, 2.24) is 4.57 Å².